The van der Waals surface area contributed by atoms with Gasteiger partial charge in [-0.15, -0.1) is 10.2 Å². The number of benzene rings is 1. The van der Waals surface area contributed by atoms with Crippen LogP contribution in [0.4, 0.5) is 10.8 Å². The SMILES string of the molecule is Cc1cccc(Nc2nnc(SCCCn3c(=O)c4c(ncn4C)n(C)c3=O)s2)c1. The number of nitrogens with zero attached hydrogens (tertiary/aromatic N) is 6. The van der Waals surface area contributed by atoms with E-state index in [9.17, 15) is 9.59 Å². The number of anilines is 2. The summed E-state index contributed by atoms with van der Waals surface area (Å²) < 4.78 is 5.17. The van der Waals surface area contributed by atoms with Gasteiger partial charge < -0.3 is 9.88 Å². The summed E-state index contributed by atoms with van der Waals surface area (Å²) in [5, 5.41) is 12.4. The number of hydrogen-bond donors (Lipinski definition) is 1. The molecule has 11 heteroatoms. The van der Waals surface area contributed by atoms with Crippen LogP contribution < -0.4 is 16.6 Å². The van der Waals surface area contributed by atoms with E-state index < -0.39 is 0 Å². The second-order valence-corrected chi connectivity index (χ2v) is 9.22. The average molecular weight is 444 g/mol. The van der Waals surface area contributed by atoms with Crippen LogP contribution in [0.15, 0.2) is 44.5 Å². The van der Waals surface area contributed by atoms with Crippen molar-refractivity contribution in [1.82, 2.24) is 28.9 Å². The number of thioether (sulfide) groups is 1. The molecule has 1 aromatic carbocycles. The van der Waals surface area contributed by atoms with Gasteiger partial charge in [-0.2, -0.15) is 0 Å². The zero-order chi connectivity index (χ0) is 21.3. The van der Waals surface area contributed by atoms with Gasteiger partial charge in [-0.1, -0.05) is 35.2 Å². The highest BCUT2D eigenvalue weighted by atomic mass is 32.2. The van der Waals surface area contributed by atoms with Crippen LogP contribution in [0.5, 0.6) is 0 Å². The van der Waals surface area contributed by atoms with Gasteiger partial charge in [0, 0.05) is 32.1 Å². The summed E-state index contributed by atoms with van der Waals surface area (Å²) in [6.07, 6.45) is 2.20. The van der Waals surface area contributed by atoms with Gasteiger partial charge in [0.25, 0.3) is 5.56 Å². The highest BCUT2D eigenvalue weighted by Crippen LogP contribution is 2.28. The maximum Gasteiger partial charge on any atom is 0.332 e. The van der Waals surface area contributed by atoms with Gasteiger partial charge in [-0.05, 0) is 31.0 Å². The lowest BCUT2D eigenvalue weighted by Gasteiger charge is -2.08. The van der Waals surface area contributed by atoms with Crippen LogP contribution in [0.1, 0.15) is 12.0 Å². The van der Waals surface area contributed by atoms with Gasteiger partial charge >= 0.3 is 5.69 Å². The first-order valence-electron chi connectivity index (χ1n) is 9.35. The van der Waals surface area contributed by atoms with E-state index >= 15 is 0 Å². The predicted octanol–water partition coefficient (Wildman–Crippen LogP) is 2.52. The van der Waals surface area contributed by atoms with Gasteiger partial charge in [0.05, 0.1) is 6.33 Å². The number of fused-ring (bicyclic) bond motifs is 1. The zero-order valence-corrected chi connectivity index (χ0v) is 18.5. The fourth-order valence-corrected chi connectivity index (χ4v) is 4.91. The molecule has 156 valence electrons. The maximum atomic E-state index is 12.7. The Bertz CT molecular complexity index is 1320. The van der Waals surface area contributed by atoms with Crippen molar-refractivity contribution in [3.63, 3.8) is 0 Å². The van der Waals surface area contributed by atoms with Gasteiger partial charge in [0.1, 0.15) is 0 Å². The molecule has 0 aliphatic heterocycles. The summed E-state index contributed by atoms with van der Waals surface area (Å²) in [6.45, 7) is 2.38. The molecule has 0 spiro atoms. The van der Waals surface area contributed by atoms with E-state index in [0.717, 1.165) is 20.9 Å². The molecule has 1 N–H and O–H groups in total. The molecule has 3 heterocycles. The molecule has 0 unspecified atom stereocenters. The van der Waals surface area contributed by atoms with Crippen LogP contribution in [-0.4, -0.2) is 34.6 Å². The Hall–Kier alpha value is -2.92. The molecule has 0 atom stereocenters. The largest absolute Gasteiger partial charge is 0.332 e. The summed E-state index contributed by atoms with van der Waals surface area (Å²) in [7, 11) is 3.38. The van der Waals surface area contributed by atoms with Crippen LogP contribution >= 0.6 is 23.1 Å². The quantitative estimate of drug-likeness (QED) is 0.346. The minimum Gasteiger partial charge on any atom is -0.330 e. The molecule has 4 rings (SSSR count). The average Bonchev–Trinajstić information content (AvgIpc) is 3.32. The molecule has 0 amide bonds. The molecular weight excluding hydrogens is 422 g/mol. The van der Waals surface area contributed by atoms with E-state index in [-0.39, 0.29) is 11.2 Å². The van der Waals surface area contributed by atoms with Crippen molar-refractivity contribution in [2.45, 2.75) is 24.2 Å². The van der Waals surface area contributed by atoms with Crippen molar-refractivity contribution < 1.29 is 0 Å². The summed E-state index contributed by atoms with van der Waals surface area (Å²) in [5.74, 6) is 0.720. The number of hydrogen-bond acceptors (Lipinski definition) is 8. The second kappa shape index (κ2) is 8.44. The zero-order valence-electron chi connectivity index (χ0n) is 16.8. The van der Waals surface area contributed by atoms with E-state index in [4.69, 9.17) is 0 Å². The minimum atomic E-state index is -0.350. The van der Waals surface area contributed by atoms with Crippen molar-refractivity contribution >= 4 is 45.1 Å². The van der Waals surface area contributed by atoms with Crippen molar-refractivity contribution in [2.75, 3.05) is 11.1 Å². The fourth-order valence-electron chi connectivity index (χ4n) is 3.14. The number of rotatable bonds is 7. The highest BCUT2D eigenvalue weighted by Gasteiger charge is 2.14. The van der Waals surface area contributed by atoms with Crippen LogP contribution in [0.2, 0.25) is 0 Å². The Labute approximate surface area is 180 Å². The number of aromatic nitrogens is 6. The smallest absolute Gasteiger partial charge is 0.330 e. The topological polar surface area (TPSA) is 99.6 Å². The van der Waals surface area contributed by atoms with Gasteiger partial charge in [-0.25, -0.2) is 9.78 Å². The first-order valence-corrected chi connectivity index (χ1v) is 11.1. The Balaban J connectivity index is 1.38. The molecule has 0 fully saturated rings. The molecule has 0 aliphatic carbocycles. The van der Waals surface area contributed by atoms with E-state index in [1.165, 1.54) is 26.0 Å². The normalized spacial score (nSPS) is 11.3. The predicted molar refractivity (Wildman–Crippen MR) is 120 cm³/mol. The Morgan fingerprint density at radius 1 is 1.20 bits per heavy atom. The summed E-state index contributed by atoms with van der Waals surface area (Å²) in [6, 6.07) is 8.06. The summed E-state index contributed by atoms with van der Waals surface area (Å²) in [4.78, 5) is 29.4. The monoisotopic (exact) mass is 443 g/mol. The summed E-state index contributed by atoms with van der Waals surface area (Å²) in [5.41, 5.74) is 2.32. The first-order chi connectivity index (χ1) is 14.4. The molecule has 0 radical (unpaired) electrons. The number of imidazole rings is 1. The van der Waals surface area contributed by atoms with E-state index in [2.05, 4.69) is 20.5 Å². The van der Waals surface area contributed by atoms with Crippen molar-refractivity contribution in [1.29, 1.82) is 0 Å². The molecule has 3 aromatic heterocycles. The molecule has 4 aromatic rings. The minimum absolute atomic E-state index is 0.307. The van der Waals surface area contributed by atoms with E-state index in [0.29, 0.717) is 24.1 Å². The first kappa shape index (κ1) is 20.4. The van der Waals surface area contributed by atoms with Crippen molar-refractivity contribution in [2.24, 2.45) is 14.1 Å². The molecule has 0 bridgehead atoms. The third-order valence-corrected chi connectivity index (χ3v) is 6.69. The molecule has 9 nitrogen and oxygen atoms in total. The van der Waals surface area contributed by atoms with Crippen molar-refractivity contribution in [3.05, 3.63) is 57.0 Å². The Morgan fingerprint density at radius 2 is 2.03 bits per heavy atom. The number of nitrogens with one attached hydrogen (secondary N) is 1. The maximum absolute atomic E-state index is 12.7. The third kappa shape index (κ3) is 4.03. The molecular formula is C19H21N7O2S2. The van der Waals surface area contributed by atoms with Crippen LogP contribution in [-0.2, 0) is 20.6 Å². The lowest BCUT2D eigenvalue weighted by atomic mass is 10.2. The van der Waals surface area contributed by atoms with E-state index in [1.807, 2.05) is 31.2 Å². The fraction of sp³-hybridized carbons (Fsp3) is 0.316. The van der Waals surface area contributed by atoms with Crippen LogP contribution in [0, 0.1) is 6.92 Å². The highest BCUT2D eigenvalue weighted by molar-refractivity contribution is 8.01. The lowest BCUT2D eigenvalue weighted by Crippen LogP contribution is -2.39. The number of aryl methyl sites for hydroxylation is 3. The van der Waals surface area contributed by atoms with Crippen molar-refractivity contribution in [3.8, 4) is 0 Å². The Morgan fingerprint density at radius 3 is 2.83 bits per heavy atom. The van der Waals surface area contributed by atoms with E-state index in [1.54, 1.807) is 36.8 Å². The molecule has 30 heavy (non-hydrogen) atoms. The van der Waals surface area contributed by atoms with Crippen LogP contribution in [0.3, 0.4) is 0 Å². The van der Waals surface area contributed by atoms with Gasteiger partial charge in [0.15, 0.2) is 15.5 Å². The standard InChI is InChI=1S/C19H21N7O2S2/c1-12-6-4-7-13(10-12)21-17-22-23-18(30-17)29-9-5-8-26-16(27)14-15(20-11-24(14)2)25(3)19(26)28/h4,6-7,10-11H,5,8-9H2,1-3H3,(H,21,22). The Kier molecular flexibility index (Phi) is 5.73. The molecule has 0 saturated heterocycles. The second-order valence-electron chi connectivity index (χ2n) is 6.90. The van der Waals surface area contributed by atoms with Gasteiger partial charge in [0.2, 0.25) is 5.13 Å². The molecule has 0 saturated carbocycles. The summed E-state index contributed by atoms with van der Waals surface area (Å²) >= 11 is 3.04. The third-order valence-electron chi connectivity index (χ3n) is 4.63. The molecule has 0 aliphatic rings. The lowest BCUT2D eigenvalue weighted by molar-refractivity contribution is 0.594. The van der Waals surface area contributed by atoms with Crippen LogP contribution in [0.25, 0.3) is 11.2 Å². The van der Waals surface area contributed by atoms with Gasteiger partial charge in [-0.3, -0.25) is 13.9 Å².